The van der Waals surface area contributed by atoms with E-state index in [1.165, 1.54) is 0 Å². The van der Waals surface area contributed by atoms with Gasteiger partial charge in [-0.3, -0.25) is 9.69 Å². The first-order valence-corrected chi connectivity index (χ1v) is 8.65. The fourth-order valence-electron chi connectivity index (χ4n) is 2.68. The number of aryl methyl sites for hydroxylation is 1. The second-order valence-electron chi connectivity index (χ2n) is 7.23. The van der Waals surface area contributed by atoms with Crippen molar-refractivity contribution >= 4 is 23.5 Å². The minimum atomic E-state index is -0.986. The number of halogens is 1. The van der Waals surface area contributed by atoms with Gasteiger partial charge in [-0.05, 0) is 49.9 Å². The van der Waals surface area contributed by atoms with Crippen molar-refractivity contribution in [3.8, 4) is 5.75 Å². The van der Waals surface area contributed by atoms with E-state index in [0.717, 1.165) is 16.0 Å². The summed E-state index contributed by atoms with van der Waals surface area (Å²) in [5.41, 5.74) is 0.876. The van der Waals surface area contributed by atoms with Crippen molar-refractivity contribution in [3.63, 3.8) is 0 Å². The second kappa shape index (κ2) is 7.22. The molecular weight excluding hydrogens is 344 g/mol. The van der Waals surface area contributed by atoms with E-state index < -0.39 is 17.7 Å². The Balaban J connectivity index is 2.03. The third-order valence-corrected chi connectivity index (χ3v) is 4.59. The van der Waals surface area contributed by atoms with Gasteiger partial charge in [-0.25, -0.2) is 4.79 Å². The highest BCUT2D eigenvalue weighted by atomic mass is 35.5. The third kappa shape index (κ3) is 4.25. The minimum Gasteiger partial charge on any atom is -0.491 e. The van der Waals surface area contributed by atoms with Gasteiger partial charge < -0.3 is 15.2 Å². The van der Waals surface area contributed by atoms with Crippen LogP contribution in [-0.2, 0) is 4.79 Å². The van der Waals surface area contributed by atoms with E-state index in [0.29, 0.717) is 10.8 Å². The summed E-state index contributed by atoms with van der Waals surface area (Å²) in [7, 11) is 0. The second-order valence-corrected chi connectivity index (χ2v) is 7.64. The lowest BCUT2D eigenvalue weighted by atomic mass is 10.0. The Labute approximate surface area is 153 Å². The Hall–Kier alpha value is -1.79. The van der Waals surface area contributed by atoms with Crippen molar-refractivity contribution in [2.75, 3.05) is 13.2 Å². The van der Waals surface area contributed by atoms with Gasteiger partial charge in [-0.2, -0.15) is 0 Å². The number of amides is 3. The number of benzene rings is 1. The van der Waals surface area contributed by atoms with Crippen LogP contribution in [0.1, 0.15) is 44.7 Å². The lowest BCUT2D eigenvalue weighted by Crippen LogP contribution is -2.42. The van der Waals surface area contributed by atoms with Gasteiger partial charge in [0.15, 0.2) is 0 Å². The van der Waals surface area contributed by atoms with Crippen molar-refractivity contribution < 1.29 is 19.4 Å². The monoisotopic (exact) mass is 368 g/mol. The Bertz CT molecular complexity index is 688. The van der Waals surface area contributed by atoms with Crippen molar-refractivity contribution in [3.05, 3.63) is 28.3 Å². The number of hydrogen-bond acceptors (Lipinski definition) is 4. The number of aliphatic hydroxyl groups is 1. The number of rotatable bonds is 6. The molecule has 1 fully saturated rings. The summed E-state index contributed by atoms with van der Waals surface area (Å²) < 4.78 is 5.75. The molecule has 1 aliphatic rings. The van der Waals surface area contributed by atoms with Crippen LogP contribution in [0.4, 0.5) is 4.79 Å². The van der Waals surface area contributed by atoms with Crippen LogP contribution >= 0.6 is 11.6 Å². The molecule has 1 aromatic carbocycles. The number of carbonyl (C=O) groups is 2. The molecule has 1 aromatic rings. The molecule has 6 nitrogen and oxygen atoms in total. The fraction of sp³-hybridized carbons (Fsp3) is 0.556. The number of carbonyl (C=O) groups excluding carboxylic acids is 2. The maximum atomic E-state index is 12.1. The summed E-state index contributed by atoms with van der Waals surface area (Å²) in [5.74, 6) is 0.493. The highest BCUT2D eigenvalue weighted by Gasteiger charge is 2.44. The van der Waals surface area contributed by atoms with E-state index in [1.54, 1.807) is 13.8 Å². The van der Waals surface area contributed by atoms with E-state index >= 15 is 0 Å². The number of β-amino-alcohol motifs (C(OH)–C–C–N with tert-alkyl or cyclic N) is 1. The average Bonchev–Trinajstić information content (AvgIpc) is 2.69. The number of nitrogens with one attached hydrogen (secondary N) is 1. The molecule has 1 heterocycles. The van der Waals surface area contributed by atoms with Gasteiger partial charge in [0, 0.05) is 5.02 Å². The van der Waals surface area contributed by atoms with Crippen molar-refractivity contribution in [2.45, 2.75) is 52.2 Å². The minimum absolute atomic E-state index is 0.0295. The highest BCUT2D eigenvalue weighted by molar-refractivity contribution is 6.31. The molecule has 2 N–H and O–H groups in total. The standard InChI is InChI=1S/C18H25ClN2O4/c1-10(2)13-7-14(19)11(3)6-15(13)25-9-12(22)8-21-16(23)18(4,5)20-17(21)24/h6-7,10,12,22H,8-9H2,1-5H3,(H,20,24). The predicted molar refractivity (Wildman–Crippen MR) is 96.1 cm³/mol. The molecule has 3 amide bonds. The number of aliphatic hydroxyl groups excluding tert-OH is 1. The van der Waals surface area contributed by atoms with E-state index in [2.05, 4.69) is 5.32 Å². The van der Waals surface area contributed by atoms with Crippen LogP contribution in [0.2, 0.25) is 5.02 Å². The Morgan fingerprint density at radius 3 is 2.48 bits per heavy atom. The van der Waals surface area contributed by atoms with Gasteiger partial charge in [0.2, 0.25) is 0 Å². The SMILES string of the molecule is Cc1cc(OCC(O)CN2C(=O)NC(C)(C)C2=O)c(C(C)C)cc1Cl. The zero-order valence-electron chi connectivity index (χ0n) is 15.2. The molecule has 7 heteroatoms. The molecule has 0 spiro atoms. The Morgan fingerprint density at radius 2 is 1.96 bits per heavy atom. The summed E-state index contributed by atoms with van der Waals surface area (Å²) in [6, 6.07) is 3.20. The highest BCUT2D eigenvalue weighted by Crippen LogP contribution is 2.32. The largest absolute Gasteiger partial charge is 0.491 e. The molecular formula is C18H25ClN2O4. The van der Waals surface area contributed by atoms with Crippen molar-refractivity contribution in [1.29, 1.82) is 0 Å². The van der Waals surface area contributed by atoms with Crippen LogP contribution in [-0.4, -0.2) is 46.7 Å². The van der Waals surface area contributed by atoms with E-state index in [9.17, 15) is 14.7 Å². The molecule has 138 valence electrons. The van der Waals surface area contributed by atoms with Gasteiger partial charge in [0.25, 0.3) is 5.91 Å². The van der Waals surface area contributed by atoms with Crippen molar-refractivity contribution in [1.82, 2.24) is 10.2 Å². The summed E-state index contributed by atoms with van der Waals surface area (Å²) >= 11 is 6.17. The maximum absolute atomic E-state index is 12.1. The summed E-state index contributed by atoms with van der Waals surface area (Å²) in [5, 5.41) is 13.5. The first kappa shape index (κ1) is 19.5. The maximum Gasteiger partial charge on any atom is 0.325 e. The topological polar surface area (TPSA) is 78.9 Å². The van der Waals surface area contributed by atoms with Crippen LogP contribution in [0.15, 0.2) is 12.1 Å². The fourth-order valence-corrected chi connectivity index (χ4v) is 2.85. The third-order valence-electron chi connectivity index (χ3n) is 4.18. The molecule has 1 unspecified atom stereocenters. The summed E-state index contributed by atoms with van der Waals surface area (Å²) in [4.78, 5) is 25.0. The predicted octanol–water partition coefficient (Wildman–Crippen LogP) is 2.84. The smallest absolute Gasteiger partial charge is 0.325 e. The zero-order valence-corrected chi connectivity index (χ0v) is 16.0. The van der Waals surface area contributed by atoms with E-state index in [1.807, 2.05) is 32.9 Å². The molecule has 0 saturated carbocycles. The lowest BCUT2D eigenvalue weighted by Gasteiger charge is -2.21. The number of urea groups is 1. The molecule has 1 saturated heterocycles. The van der Waals surface area contributed by atoms with Gasteiger partial charge in [0.05, 0.1) is 6.54 Å². The van der Waals surface area contributed by atoms with Crippen LogP contribution in [0.5, 0.6) is 5.75 Å². The normalized spacial score (nSPS) is 17.8. The van der Waals surface area contributed by atoms with Crippen LogP contribution < -0.4 is 10.1 Å². The number of ether oxygens (including phenoxy) is 1. The molecule has 1 aliphatic heterocycles. The molecule has 0 radical (unpaired) electrons. The van der Waals surface area contributed by atoms with Crippen molar-refractivity contribution in [2.24, 2.45) is 0 Å². The quantitative estimate of drug-likeness (QED) is 0.757. The number of nitrogens with zero attached hydrogens (tertiary/aromatic N) is 1. The average molecular weight is 369 g/mol. The Kier molecular flexibility index (Phi) is 5.64. The first-order chi connectivity index (χ1) is 11.5. The van der Waals surface area contributed by atoms with Crippen LogP contribution in [0.3, 0.4) is 0 Å². The molecule has 1 atom stereocenters. The number of hydrogen-bond donors (Lipinski definition) is 2. The Morgan fingerprint density at radius 1 is 1.32 bits per heavy atom. The molecule has 25 heavy (non-hydrogen) atoms. The van der Waals surface area contributed by atoms with E-state index in [-0.39, 0.29) is 25.0 Å². The molecule has 0 bridgehead atoms. The van der Waals surface area contributed by atoms with E-state index in [4.69, 9.17) is 16.3 Å². The zero-order chi connectivity index (χ0) is 18.9. The van der Waals surface area contributed by atoms with Crippen LogP contribution in [0, 0.1) is 6.92 Å². The molecule has 2 rings (SSSR count). The molecule has 0 aromatic heterocycles. The van der Waals surface area contributed by atoms with Gasteiger partial charge in [0.1, 0.15) is 24.0 Å². The lowest BCUT2D eigenvalue weighted by molar-refractivity contribution is -0.131. The van der Waals surface area contributed by atoms with Crippen LogP contribution in [0.25, 0.3) is 0 Å². The summed E-state index contributed by atoms with van der Waals surface area (Å²) in [6.07, 6.45) is -0.986. The first-order valence-electron chi connectivity index (χ1n) is 8.28. The van der Waals surface area contributed by atoms with Gasteiger partial charge in [-0.15, -0.1) is 0 Å². The van der Waals surface area contributed by atoms with Gasteiger partial charge >= 0.3 is 6.03 Å². The van der Waals surface area contributed by atoms with Gasteiger partial charge in [-0.1, -0.05) is 25.4 Å². The molecule has 0 aliphatic carbocycles. The summed E-state index contributed by atoms with van der Waals surface area (Å²) in [6.45, 7) is 9.04. The number of imide groups is 1.